The number of unbranched alkanes of at least 4 members (excludes halogenated alkanes) is 4. The number of nitrogens with one attached hydrogen (secondary N) is 1. The van der Waals surface area contributed by atoms with Gasteiger partial charge in [0.2, 0.25) is 0 Å². The van der Waals surface area contributed by atoms with E-state index >= 15 is 0 Å². The lowest BCUT2D eigenvalue weighted by Gasteiger charge is -2.12. The maximum atomic E-state index is 5.83. The molecular weight excluding hydrogens is 234 g/mol. The van der Waals surface area contributed by atoms with Crippen molar-refractivity contribution < 1.29 is 4.74 Å². The molecule has 19 heavy (non-hydrogen) atoms. The minimum atomic E-state index is 0.823. The molecule has 1 rings (SSSR count). The van der Waals surface area contributed by atoms with E-state index in [-0.39, 0.29) is 0 Å². The lowest BCUT2D eigenvalue weighted by atomic mass is 10.2. The zero-order valence-electron chi connectivity index (χ0n) is 12.6. The average Bonchev–Trinajstić information content (AvgIpc) is 2.44. The van der Waals surface area contributed by atoms with E-state index in [4.69, 9.17) is 4.74 Å². The Labute approximate surface area is 118 Å². The second-order valence-corrected chi connectivity index (χ2v) is 5.05. The summed E-state index contributed by atoms with van der Waals surface area (Å²) in [7, 11) is 0. The summed E-state index contributed by atoms with van der Waals surface area (Å²) in [6.45, 7) is 7.27. The molecule has 1 aromatic rings. The van der Waals surface area contributed by atoms with Gasteiger partial charge in [0.15, 0.2) is 0 Å². The van der Waals surface area contributed by atoms with Crippen LogP contribution in [0.4, 0.5) is 0 Å². The largest absolute Gasteiger partial charge is 0.493 e. The van der Waals surface area contributed by atoms with Crippen LogP contribution in [0.15, 0.2) is 24.3 Å². The predicted molar refractivity (Wildman–Crippen MR) is 82.7 cm³/mol. The molecule has 0 aliphatic heterocycles. The second kappa shape index (κ2) is 10.9. The van der Waals surface area contributed by atoms with Crippen LogP contribution < -0.4 is 10.1 Å². The minimum Gasteiger partial charge on any atom is -0.493 e. The molecule has 0 amide bonds. The highest BCUT2D eigenvalue weighted by atomic mass is 16.5. The van der Waals surface area contributed by atoms with Gasteiger partial charge in [0.05, 0.1) is 6.61 Å². The monoisotopic (exact) mass is 263 g/mol. The van der Waals surface area contributed by atoms with Crippen LogP contribution >= 0.6 is 0 Å². The van der Waals surface area contributed by atoms with Gasteiger partial charge in [-0.1, -0.05) is 57.7 Å². The Bertz CT molecular complexity index is 325. The molecule has 0 spiro atoms. The maximum absolute atomic E-state index is 5.83. The van der Waals surface area contributed by atoms with Crippen molar-refractivity contribution in [1.82, 2.24) is 5.32 Å². The van der Waals surface area contributed by atoms with E-state index in [9.17, 15) is 0 Å². The van der Waals surface area contributed by atoms with Gasteiger partial charge in [-0.15, -0.1) is 0 Å². The Kier molecular flexibility index (Phi) is 9.17. The molecule has 0 aliphatic rings. The van der Waals surface area contributed by atoms with Crippen molar-refractivity contribution in [2.24, 2.45) is 0 Å². The number of hydrogen-bond acceptors (Lipinski definition) is 2. The molecule has 0 fully saturated rings. The van der Waals surface area contributed by atoms with E-state index < -0.39 is 0 Å². The fourth-order valence-electron chi connectivity index (χ4n) is 2.02. The first-order valence-electron chi connectivity index (χ1n) is 7.80. The molecule has 0 aromatic heterocycles. The molecule has 0 radical (unpaired) electrons. The molecule has 108 valence electrons. The van der Waals surface area contributed by atoms with Gasteiger partial charge in [-0.25, -0.2) is 0 Å². The number of benzene rings is 1. The lowest BCUT2D eigenvalue weighted by Crippen LogP contribution is -2.15. The third-order valence-electron chi connectivity index (χ3n) is 3.25. The fraction of sp³-hybridized carbons (Fsp3) is 0.647. The molecule has 1 N–H and O–H groups in total. The van der Waals surface area contributed by atoms with Crippen LogP contribution in [-0.2, 0) is 6.54 Å². The van der Waals surface area contributed by atoms with Crippen LogP contribution in [0, 0.1) is 0 Å². The van der Waals surface area contributed by atoms with Crippen molar-refractivity contribution >= 4 is 0 Å². The van der Waals surface area contributed by atoms with Crippen molar-refractivity contribution in [2.75, 3.05) is 13.2 Å². The predicted octanol–water partition coefficient (Wildman–Crippen LogP) is 4.54. The van der Waals surface area contributed by atoms with E-state index in [1.165, 1.54) is 37.7 Å². The first kappa shape index (κ1) is 16.0. The fourth-order valence-corrected chi connectivity index (χ4v) is 2.02. The SMILES string of the molecule is CCCCCCNCc1ccccc1OCCCC. The second-order valence-electron chi connectivity index (χ2n) is 5.05. The summed E-state index contributed by atoms with van der Waals surface area (Å²) in [5, 5.41) is 3.51. The van der Waals surface area contributed by atoms with Gasteiger partial charge >= 0.3 is 0 Å². The molecule has 1 aromatic carbocycles. The third kappa shape index (κ3) is 7.22. The Hall–Kier alpha value is -1.02. The zero-order chi connectivity index (χ0) is 13.8. The van der Waals surface area contributed by atoms with Gasteiger partial charge in [0, 0.05) is 12.1 Å². The van der Waals surface area contributed by atoms with Gasteiger partial charge in [0.25, 0.3) is 0 Å². The molecule has 0 saturated heterocycles. The van der Waals surface area contributed by atoms with Crippen LogP contribution in [0.1, 0.15) is 57.9 Å². The smallest absolute Gasteiger partial charge is 0.123 e. The summed E-state index contributed by atoms with van der Waals surface area (Å²) in [5.74, 6) is 1.04. The third-order valence-corrected chi connectivity index (χ3v) is 3.25. The highest BCUT2D eigenvalue weighted by molar-refractivity contribution is 5.33. The lowest BCUT2D eigenvalue weighted by molar-refractivity contribution is 0.305. The van der Waals surface area contributed by atoms with Crippen molar-refractivity contribution in [3.05, 3.63) is 29.8 Å². The summed E-state index contributed by atoms with van der Waals surface area (Å²) in [6, 6.07) is 8.36. The van der Waals surface area contributed by atoms with Crippen molar-refractivity contribution in [3.8, 4) is 5.75 Å². The molecule has 0 atom stereocenters. The first-order chi connectivity index (χ1) is 9.38. The Morgan fingerprint density at radius 3 is 2.53 bits per heavy atom. The highest BCUT2D eigenvalue weighted by Crippen LogP contribution is 2.18. The highest BCUT2D eigenvalue weighted by Gasteiger charge is 2.02. The molecule has 0 saturated carbocycles. The van der Waals surface area contributed by atoms with E-state index in [0.29, 0.717) is 0 Å². The molecule has 0 bridgehead atoms. The van der Waals surface area contributed by atoms with E-state index in [1.54, 1.807) is 0 Å². The van der Waals surface area contributed by atoms with Gasteiger partial charge < -0.3 is 10.1 Å². The van der Waals surface area contributed by atoms with Gasteiger partial charge in [0.1, 0.15) is 5.75 Å². The number of hydrogen-bond donors (Lipinski definition) is 1. The Balaban J connectivity index is 2.27. The molecule has 2 heteroatoms. The molecule has 2 nitrogen and oxygen atoms in total. The number of para-hydroxylation sites is 1. The van der Waals surface area contributed by atoms with E-state index in [1.807, 2.05) is 6.07 Å². The standard InChI is InChI=1S/C17H29NO/c1-3-5-7-10-13-18-15-16-11-8-9-12-17(16)19-14-6-4-2/h8-9,11-12,18H,3-7,10,13-15H2,1-2H3. The quantitative estimate of drug-likeness (QED) is 0.592. The maximum Gasteiger partial charge on any atom is 0.123 e. The summed E-state index contributed by atoms with van der Waals surface area (Å²) in [4.78, 5) is 0. The Morgan fingerprint density at radius 1 is 0.947 bits per heavy atom. The number of rotatable bonds is 11. The van der Waals surface area contributed by atoms with Crippen LogP contribution in [0.25, 0.3) is 0 Å². The van der Waals surface area contributed by atoms with Crippen molar-refractivity contribution in [3.63, 3.8) is 0 Å². The molecular formula is C17H29NO. The molecule has 0 aliphatic carbocycles. The molecule has 0 unspecified atom stereocenters. The van der Waals surface area contributed by atoms with Crippen LogP contribution in [-0.4, -0.2) is 13.2 Å². The van der Waals surface area contributed by atoms with Crippen LogP contribution in [0.5, 0.6) is 5.75 Å². The average molecular weight is 263 g/mol. The number of ether oxygens (including phenoxy) is 1. The molecule has 0 heterocycles. The summed E-state index contributed by atoms with van der Waals surface area (Å²) >= 11 is 0. The van der Waals surface area contributed by atoms with Crippen LogP contribution in [0.3, 0.4) is 0 Å². The normalized spacial score (nSPS) is 10.6. The van der Waals surface area contributed by atoms with Crippen LogP contribution in [0.2, 0.25) is 0 Å². The summed E-state index contributed by atoms with van der Waals surface area (Å²) < 4.78 is 5.83. The van der Waals surface area contributed by atoms with Crippen molar-refractivity contribution in [1.29, 1.82) is 0 Å². The topological polar surface area (TPSA) is 21.3 Å². The summed E-state index contributed by atoms with van der Waals surface area (Å²) in [5.41, 5.74) is 1.27. The van der Waals surface area contributed by atoms with Gasteiger partial charge in [-0.2, -0.15) is 0 Å². The van der Waals surface area contributed by atoms with Gasteiger partial charge in [-0.05, 0) is 25.5 Å². The Morgan fingerprint density at radius 2 is 1.74 bits per heavy atom. The van der Waals surface area contributed by atoms with E-state index in [0.717, 1.165) is 31.9 Å². The minimum absolute atomic E-state index is 0.823. The van der Waals surface area contributed by atoms with Gasteiger partial charge in [-0.3, -0.25) is 0 Å². The van der Waals surface area contributed by atoms with Crippen molar-refractivity contribution in [2.45, 2.75) is 58.9 Å². The summed E-state index contributed by atoms with van der Waals surface area (Å²) in [6.07, 6.45) is 7.55. The zero-order valence-corrected chi connectivity index (χ0v) is 12.6. The first-order valence-corrected chi connectivity index (χ1v) is 7.80. The van der Waals surface area contributed by atoms with E-state index in [2.05, 4.69) is 37.4 Å².